The summed E-state index contributed by atoms with van der Waals surface area (Å²) in [5, 5.41) is 2.63. The first-order valence-electron chi connectivity index (χ1n) is 8.26. The zero-order chi connectivity index (χ0) is 21.4. The smallest absolute Gasteiger partial charge is 0.213 e. The van der Waals surface area contributed by atoms with Gasteiger partial charge in [-0.2, -0.15) is 0 Å². The molecule has 29 heavy (non-hydrogen) atoms. The van der Waals surface area contributed by atoms with Gasteiger partial charge in [-0.1, -0.05) is 11.6 Å². The van der Waals surface area contributed by atoms with Gasteiger partial charge < -0.3 is 13.9 Å². The van der Waals surface area contributed by atoms with Crippen molar-refractivity contribution in [2.45, 2.75) is 0 Å². The first-order valence-corrected chi connectivity index (χ1v) is 9.88. The molecule has 0 fully saturated rings. The molecule has 3 rings (SSSR count). The molecule has 0 amide bonds. The first kappa shape index (κ1) is 23.1. The predicted molar refractivity (Wildman–Crippen MR) is 94.1 cm³/mol. The SMILES string of the molecule is COCC[NH+]=c1cc(-c2ccc(Cl)cc2)oc2ccc(OC)cc12.[O-][Cl+3]([O-])([O-])[O-]. The average Bonchev–Trinajstić information content (AvgIpc) is 2.67. The molecule has 1 heterocycles. The molecule has 8 nitrogen and oxygen atoms in total. The number of hydrogen-bond donors (Lipinski definition) is 1. The fraction of sp³-hybridized carbons (Fsp3) is 0.211. The summed E-state index contributed by atoms with van der Waals surface area (Å²) in [7, 11) is -1.61. The van der Waals surface area contributed by atoms with Crippen molar-refractivity contribution in [1.29, 1.82) is 0 Å². The molecule has 0 saturated carbocycles. The van der Waals surface area contributed by atoms with Crippen molar-refractivity contribution in [2.24, 2.45) is 0 Å². The molecule has 0 spiro atoms. The minimum Gasteiger partial charge on any atom is -0.497 e. The zero-order valence-electron chi connectivity index (χ0n) is 15.6. The zero-order valence-corrected chi connectivity index (χ0v) is 17.2. The largest absolute Gasteiger partial charge is 0.497 e. The Morgan fingerprint density at radius 1 is 1.00 bits per heavy atom. The van der Waals surface area contributed by atoms with E-state index in [0.29, 0.717) is 18.2 Å². The molecule has 0 aliphatic heterocycles. The highest BCUT2D eigenvalue weighted by Crippen LogP contribution is 2.25. The predicted octanol–water partition coefficient (Wildman–Crippen LogP) is -2.37. The summed E-state index contributed by atoms with van der Waals surface area (Å²) in [6.07, 6.45) is 0. The third-order valence-corrected chi connectivity index (χ3v) is 3.97. The summed E-state index contributed by atoms with van der Waals surface area (Å²) in [5.41, 5.74) is 1.75. The lowest BCUT2D eigenvalue weighted by Gasteiger charge is -2.17. The molecule has 3 aromatic rings. The highest BCUT2D eigenvalue weighted by Gasteiger charge is 2.10. The van der Waals surface area contributed by atoms with E-state index in [1.807, 2.05) is 48.5 Å². The van der Waals surface area contributed by atoms with E-state index >= 15 is 0 Å². The van der Waals surface area contributed by atoms with Crippen molar-refractivity contribution in [3.05, 3.63) is 58.9 Å². The highest BCUT2D eigenvalue weighted by atomic mass is 35.7. The molecule has 0 bridgehead atoms. The van der Waals surface area contributed by atoms with Crippen LogP contribution in [0.15, 0.2) is 52.9 Å². The molecule has 1 aromatic heterocycles. The molecule has 0 aliphatic carbocycles. The van der Waals surface area contributed by atoms with Crippen molar-refractivity contribution >= 4 is 22.6 Å². The molecule has 2 aromatic carbocycles. The lowest BCUT2D eigenvalue weighted by Crippen LogP contribution is -2.77. The fourth-order valence-electron chi connectivity index (χ4n) is 2.48. The van der Waals surface area contributed by atoms with E-state index in [4.69, 9.17) is 44.1 Å². The molecule has 1 N–H and O–H groups in total. The maximum absolute atomic E-state index is 8.49. The van der Waals surface area contributed by atoms with Crippen LogP contribution in [-0.2, 0) is 4.74 Å². The van der Waals surface area contributed by atoms with Gasteiger partial charge in [-0.05, 0) is 42.5 Å². The van der Waals surface area contributed by atoms with Crippen LogP contribution in [0.25, 0.3) is 22.3 Å². The maximum Gasteiger partial charge on any atom is 0.213 e. The Hall–Kier alpha value is -2.17. The Morgan fingerprint density at radius 2 is 1.66 bits per heavy atom. The lowest BCUT2D eigenvalue weighted by atomic mass is 10.1. The minimum absolute atomic E-state index is 0.619. The van der Waals surface area contributed by atoms with Crippen LogP contribution in [0.3, 0.4) is 0 Å². The van der Waals surface area contributed by atoms with Crippen LogP contribution in [0.1, 0.15) is 0 Å². The Labute approximate surface area is 174 Å². The van der Waals surface area contributed by atoms with Gasteiger partial charge in [0, 0.05) is 17.7 Å². The van der Waals surface area contributed by atoms with E-state index in [9.17, 15) is 0 Å². The van der Waals surface area contributed by atoms with Crippen LogP contribution < -0.4 is 33.7 Å². The summed E-state index contributed by atoms with van der Waals surface area (Å²) in [4.78, 5) is 3.39. The van der Waals surface area contributed by atoms with Gasteiger partial charge in [0.25, 0.3) is 0 Å². The molecular formula is C19H19Cl2NO7. The van der Waals surface area contributed by atoms with Gasteiger partial charge in [-0.25, -0.2) is 23.6 Å². The van der Waals surface area contributed by atoms with Gasteiger partial charge >= 0.3 is 0 Å². The van der Waals surface area contributed by atoms with Crippen LogP contribution >= 0.6 is 11.6 Å². The maximum atomic E-state index is 8.49. The molecule has 0 aliphatic rings. The van der Waals surface area contributed by atoms with Crippen LogP contribution in [0.5, 0.6) is 5.75 Å². The number of fused-ring (bicyclic) bond motifs is 1. The van der Waals surface area contributed by atoms with E-state index in [-0.39, 0.29) is 0 Å². The number of rotatable bonds is 5. The van der Waals surface area contributed by atoms with Gasteiger partial charge in [-0.15, -0.1) is 10.2 Å². The summed E-state index contributed by atoms with van der Waals surface area (Å²) in [6.45, 7) is 1.32. The van der Waals surface area contributed by atoms with E-state index in [1.165, 1.54) is 0 Å². The van der Waals surface area contributed by atoms with Crippen molar-refractivity contribution in [3.8, 4) is 17.1 Å². The van der Waals surface area contributed by atoms with Gasteiger partial charge in [0.15, 0.2) is 6.54 Å². The molecular weight excluding hydrogens is 425 g/mol. The van der Waals surface area contributed by atoms with E-state index in [0.717, 1.165) is 33.4 Å². The summed E-state index contributed by atoms with van der Waals surface area (Å²) >= 11 is 5.97. The number of methoxy groups -OCH3 is 2. The van der Waals surface area contributed by atoms with E-state index < -0.39 is 10.2 Å². The third kappa shape index (κ3) is 7.64. The number of benzene rings is 2. The normalized spacial score (nSPS) is 11.9. The monoisotopic (exact) mass is 443 g/mol. The lowest BCUT2D eigenvalue weighted by molar-refractivity contribution is -2.00. The van der Waals surface area contributed by atoms with Gasteiger partial charge in [-0.3, -0.25) is 0 Å². The highest BCUT2D eigenvalue weighted by molar-refractivity contribution is 6.30. The van der Waals surface area contributed by atoms with Gasteiger partial charge in [0.05, 0.1) is 18.6 Å². The van der Waals surface area contributed by atoms with Crippen LogP contribution in [-0.4, -0.2) is 27.4 Å². The molecule has 0 unspecified atom stereocenters. The Morgan fingerprint density at radius 3 is 2.24 bits per heavy atom. The second-order valence-corrected chi connectivity index (χ2v) is 6.88. The molecule has 0 saturated heterocycles. The van der Waals surface area contributed by atoms with Gasteiger partial charge in [0.2, 0.25) is 5.36 Å². The van der Waals surface area contributed by atoms with Crippen molar-refractivity contribution in [2.75, 3.05) is 27.4 Å². The second kappa shape index (κ2) is 10.6. The number of ether oxygens (including phenoxy) is 2. The fourth-order valence-corrected chi connectivity index (χ4v) is 2.61. The molecule has 0 atom stereocenters. The first-order chi connectivity index (χ1) is 13.7. The molecule has 10 heteroatoms. The Balaban J connectivity index is 0.000000537. The van der Waals surface area contributed by atoms with Crippen LogP contribution in [0.4, 0.5) is 0 Å². The quantitative estimate of drug-likeness (QED) is 0.435. The molecule has 156 valence electrons. The number of hydrogen-bond acceptors (Lipinski definition) is 7. The summed E-state index contributed by atoms with van der Waals surface area (Å²) in [6, 6.07) is 15.3. The minimum atomic E-state index is -4.94. The summed E-state index contributed by atoms with van der Waals surface area (Å²) in [5.74, 6) is 1.55. The molecule has 0 radical (unpaired) electrons. The van der Waals surface area contributed by atoms with E-state index in [2.05, 4.69) is 4.99 Å². The Kier molecular flexibility index (Phi) is 8.42. The number of halogens is 2. The average molecular weight is 444 g/mol. The van der Waals surface area contributed by atoms with Crippen LogP contribution in [0, 0.1) is 10.2 Å². The summed E-state index contributed by atoms with van der Waals surface area (Å²) < 4.78 is 50.5. The van der Waals surface area contributed by atoms with Crippen molar-refractivity contribution < 1.29 is 47.8 Å². The van der Waals surface area contributed by atoms with Crippen molar-refractivity contribution in [3.63, 3.8) is 0 Å². The third-order valence-electron chi connectivity index (χ3n) is 3.72. The second-order valence-electron chi connectivity index (χ2n) is 5.69. The standard InChI is InChI=1S/C19H18ClNO3.ClHO4/c1-22-10-9-21-17-12-19(13-3-5-14(20)6-4-13)24-18-8-7-15(23-2)11-16(17)18;2-1(3,4)5/h3-8,11-12H,9-10H2,1-2H3;(H,2,3,4,5). The Bertz CT molecular complexity index is 992. The van der Waals surface area contributed by atoms with Crippen molar-refractivity contribution in [1.82, 2.24) is 0 Å². The van der Waals surface area contributed by atoms with E-state index in [1.54, 1.807) is 14.2 Å². The van der Waals surface area contributed by atoms with Gasteiger partial charge in [0.1, 0.15) is 23.7 Å². The van der Waals surface area contributed by atoms with Crippen LogP contribution in [0.2, 0.25) is 5.02 Å². The number of nitrogens with one attached hydrogen (secondary N) is 1. The topological polar surface area (TPSA) is 138 Å².